The fourth-order valence-electron chi connectivity index (χ4n) is 0.174. The third kappa shape index (κ3) is 4.21. The Labute approximate surface area is 56.1 Å². The maximum Gasteiger partial charge on any atom is 0.122 e. The molecular weight excluding hydrogens is 207 g/mol. The molecule has 2 nitrogen and oxygen atoms in total. The number of aliphatic hydroxyl groups is 1. The minimum atomic E-state index is -0.432. The van der Waals surface area contributed by atoms with Crippen molar-refractivity contribution in [3.8, 4) is 0 Å². The second-order valence-electron chi connectivity index (χ2n) is 1.21. The molecule has 0 aliphatic rings. The smallest absolute Gasteiger partial charge is 0.122 e. The normalized spacial score (nSPS) is 13.4. The van der Waals surface area contributed by atoms with Gasteiger partial charge in [-0.3, -0.25) is 0 Å². The highest BCUT2D eigenvalue weighted by molar-refractivity contribution is 14.1. The summed E-state index contributed by atoms with van der Waals surface area (Å²) in [6.07, 6.45) is 0.560. The van der Waals surface area contributed by atoms with E-state index in [0.29, 0.717) is 4.43 Å². The van der Waals surface area contributed by atoms with Gasteiger partial charge in [-0.05, 0) is 0 Å². The fourth-order valence-corrected chi connectivity index (χ4v) is 0.534. The summed E-state index contributed by atoms with van der Waals surface area (Å²) in [5.74, 6) is 0. The van der Waals surface area contributed by atoms with E-state index in [-0.39, 0.29) is 6.42 Å². The molecular formula is C4H7IO2. The van der Waals surface area contributed by atoms with Crippen molar-refractivity contribution in [2.75, 3.05) is 4.43 Å². The molecule has 1 atom stereocenters. The number of hydrogen-bond donors (Lipinski definition) is 1. The Morgan fingerprint density at radius 1 is 1.86 bits per heavy atom. The Morgan fingerprint density at radius 3 is 2.57 bits per heavy atom. The van der Waals surface area contributed by atoms with Gasteiger partial charge in [0.05, 0.1) is 6.10 Å². The van der Waals surface area contributed by atoms with Crippen molar-refractivity contribution in [1.29, 1.82) is 0 Å². The summed E-state index contributed by atoms with van der Waals surface area (Å²) >= 11 is 2.03. The summed E-state index contributed by atoms with van der Waals surface area (Å²) in [6, 6.07) is 0. The van der Waals surface area contributed by atoms with Gasteiger partial charge in [-0.2, -0.15) is 0 Å². The predicted octanol–water partition coefficient (Wildman–Crippen LogP) is 0.371. The van der Waals surface area contributed by atoms with Gasteiger partial charge in [0, 0.05) is 10.8 Å². The van der Waals surface area contributed by atoms with Crippen LogP contribution in [0.4, 0.5) is 0 Å². The van der Waals surface area contributed by atoms with Crippen molar-refractivity contribution in [2.24, 2.45) is 0 Å². The maximum atomic E-state index is 9.61. The largest absolute Gasteiger partial charge is 0.392 e. The van der Waals surface area contributed by atoms with Gasteiger partial charge in [-0.25, -0.2) is 0 Å². The lowest BCUT2D eigenvalue weighted by Crippen LogP contribution is -2.07. The van der Waals surface area contributed by atoms with E-state index < -0.39 is 6.10 Å². The summed E-state index contributed by atoms with van der Waals surface area (Å²) in [7, 11) is 0. The monoisotopic (exact) mass is 214 g/mol. The van der Waals surface area contributed by atoms with Crippen LogP contribution in [-0.4, -0.2) is 21.9 Å². The van der Waals surface area contributed by atoms with Gasteiger partial charge in [0.15, 0.2) is 0 Å². The lowest BCUT2D eigenvalue weighted by molar-refractivity contribution is -0.109. The summed E-state index contributed by atoms with van der Waals surface area (Å²) in [4.78, 5) is 9.61. The number of rotatable bonds is 3. The molecule has 0 heterocycles. The Hall–Kier alpha value is 0.360. The van der Waals surface area contributed by atoms with E-state index in [1.54, 1.807) is 0 Å². The first-order valence-electron chi connectivity index (χ1n) is 1.99. The zero-order valence-corrected chi connectivity index (χ0v) is 5.96. The first kappa shape index (κ1) is 7.36. The van der Waals surface area contributed by atoms with Crippen molar-refractivity contribution in [2.45, 2.75) is 12.5 Å². The maximum absolute atomic E-state index is 9.61. The number of aliphatic hydroxyl groups excluding tert-OH is 1. The van der Waals surface area contributed by atoms with Gasteiger partial charge in [0.25, 0.3) is 0 Å². The molecule has 0 saturated carbocycles. The first-order chi connectivity index (χ1) is 3.31. The Bertz CT molecular complexity index is 55.7. The van der Waals surface area contributed by atoms with Gasteiger partial charge in [-0.15, -0.1) is 0 Å². The van der Waals surface area contributed by atoms with E-state index in [1.165, 1.54) is 0 Å². The minimum Gasteiger partial charge on any atom is -0.392 e. The van der Waals surface area contributed by atoms with Crippen molar-refractivity contribution < 1.29 is 9.90 Å². The molecule has 1 unspecified atom stereocenters. The number of halogens is 1. The van der Waals surface area contributed by atoms with Crippen LogP contribution in [0.3, 0.4) is 0 Å². The van der Waals surface area contributed by atoms with Crippen molar-refractivity contribution in [3.05, 3.63) is 0 Å². The van der Waals surface area contributed by atoms with E-state index in [1.807, 2.05) is 22.6 Å². The van der Waals surface area contributed by atoms with Crippen LogP contribution in [0.15, 0.2) is 0 Å². The van der Waals surface area contributed by atoms with Gasteiger partial charge in [-0.1, -0.05) is 22.6 Å². The van der Waals surface area contributed by atoms with E-state index in [9.17, 15) is 4.79 Å². The van der Waals surface area contributed by atoms with E-state index >= 15 is 0 Å². The molecule has 0 fully saturated rings. The molecule has 0 bridgehead atoms. The Morgan fingerprint density at radius 2 is 2.43 bits per heavy atom. The van der Waals surface area contributed by atoms with Crippen molar-refractivity contribution >= 4 is 28.9 Å². The zero-order valence-electron chi connectivity index (χ0n) is 3.80. The van der Waals surface area contributed by atoms with Crippen LogP contribution in [0.1, 0.15) is 6.42 Å². The summed E-state index contributed by atoms with van der Waals surface area (Å²) in [5.41, 5.74) is 0. The fraction of sp³-hybridized carbons (Fsp3) is 0.750. The average molecular weight is 214 g/mol. The van der Waals surface area contributed by atoms with Gasteiger partial charge < -0.3 is 9.90 Å². The molecule has 0 amide bonds. The van der Waals surface area contributed by atoms with Crippen LogP contribution in [0.2, 0.25) is 0 Å². The van der Waals surface area contributed by atoms with Crippen molar-refractivity contribution in [3.63, 3.8) is 0 Å². The summed E-state index contributed by atoms with van der Waals surface area (Å²) in [5, 5.41) is 8.62. The number of alkyl halides is 1. The molecule has 0 aromatic carbocycles. The molecule has 0 aliphatic carbocycles. The Balaban J connectivity index is 2.98. The molecule has 0 radical (unpaired) electrons. The molecule has 0 saturated heterocycles. The van der Waals surface area contributed by atoms with Crippen LogP contribution in [0.5, 0.6) is 0 Å². The number of carbonyl (C=O) groups excluding carboxylic acids is 1. The number of hydrogen-bond acceptors (Lipinski definition) is 2. The quantitative estimate of drug-likeness (QED) is 0.418. The predicted molar refractivity (Wildman–Crippen MR) is 35.6 cm³/mol. The van der Waals surface area contributed by atoms with E-state index in [0.717, 1.165) is 6.29 Å². The molecule has 0 spiro atoms. The highest BCUT2D eigenvalue weighted by Gasteiger charge is 1.96. The molecule has 42 valence electrons. The number of carbonyl (C=O) groups is 1. The standard InChI is InChI=1S/C4H7IO2/c5-3-4(7)1-2-6/h2,4,7H,1,3H2. The molecule has 1 N–H and O–H groups in total. The molecule has 0 aliphatic heterocycles. The molecule has 0 aromatic rings. The van der Waals surface area contributed by atoms with Crippen LogP contribution in [-0.2, 0) is 4.79 Å². The van der Waals surface area contributed by atoms with E-state index in [4.69, 9.17) is 5.11 Å². The minimum absolute atomic E-state index is 0.267. The van der Waals surface area contributed by atoms with Crippen LogP contribution >= 0.6 is 22.6 Å². The van der Waals surface area contributed by atoms with Crippen molar-refractivity contribution in [1.82, 2.24) is 0 Å². The summed E-state index contributed by atoms with van der Waals surface area (Å²) < 4.78 is 0.635. The third-order valence-corrected chi connectivity index (χ3v) is 1.56. The molecule has 7 heavy (non-hydrogen) atoms. The zero-order chi connectivity index (χ0) is 5.70. The highest BCUT2D eigenvalue weighted by atomic mass is 127. The molecule has 0 rings (SSSR count). The van der Waals surface area contributed by atoms with Crippen LogP contribution < -0.4 is 0 Å². The number of aldehydes is 1. The third-order valence-electron chi connectivity index (χ3n) is 0.546. The van der Waals surface area contributed by atoms with Gasteiger partial charge >= 0.3 is 0 Å². The van der Waals surface area contributed by atoms with Gasteiger partial charge in [0.2, 0.25) is 0 Å². The topological polar surface area (TPSA) is 37.3 Å². The second kappa shape index (κ2) is 4.52. The first-order valence-corrected chi connectivity index (χ1v) is 3.51. The summed E-state index contributed by atoms with van der Waals surface area (Å²) in [6.45, 7) is 0. The average Bonchev–Trinajstić information content (AvgIpc) is 1.68. The lowest BCUT2D eigenvalue weighted by atomic mass is 10.3. The second-order valence-corrected chi connectivity index (χ2v) is 2.09. The molecule has 0 aromatic heterocycles. The Kier molecular flexibility index (Phi) is 4.75. The van der Waals surface area contributed by atoms with Gasteiger partial charge in [0.1, 0.15) is 6.29 Å². The van der Waals surface area contributed by atoms with E-state index in [2.05, 4.69) is 0 Å². The molecule has 3 heteroatoms. The SMILES string of the molecule is O=CCC(O)CI. The van der Waals surface area contributed by atoms with Crippen LogP contribution in [0, 0.1) is 0 Å². The van der Waals surface area contributed by atoms with Crippen LogP contribution in [0.25, 0.3) is 0 Å². The lowest BCUT2D eigenvalue weighted by Gasteiger charge is -1.96. The highest BCUT2D eigenvalue weighted by Crippen LogP contribution is 1.92.